The molecule has 0 radical (unpaired) electrons. The maximum Gasteiger partial charge on any atom is 0.331 e. The smallest absolute Gasteiger partial charge is 0.331 e. The highest BCUT2D eigenvalue weighted by Gasteiger charge is 2.34. The number of aromatic nitrogens is 3. The molecule has 3 aromatic carbocycles. The minimum atomic E-state index is -0.341. The number of aryl methyl sites for hydroxylation is 1. The Morgan fingerprint density at radius 1 is 0.758 bits per heavy atom. The molecule has 0 saturated carbocycles. The van der Waals surface area contributed by atoms with Crippen molar-refractivity contribution in [1.82, 2.24) is 13.7 Å². The third-order valence-corrected chi connectivity index (χ3v) is 6.51. The fraction of sp³-hybridized carbons (Fsp3) is 0.111. The minimum Gasteiger partial charge on any atom is -0.371 e. The van der Waals surface area contributed by atoms with Crippen molar-refractivity contribution in [3.05, 3.63) is 117 Å². The van der Waals surface area contributed by atoms with E-state index in [4.69, 9.17) is 0 Å². The number of nitrogens with one attached hydrogen (secondary N) is 1. The first-order valence-electron chi connectivity index (χ1n) is 10.9. The number of para-hydroxylation sites is 2. The van der Waals surface area contributed by atoms with Crippen LogP contribution in [0.3, 0.4) is 0 Å². The lowest BCUT2D eigenvalue weighted by Gasteiger charge is -2.31. The van der Waals surface area contributed by atoms with Crippen LogP contribution in [0.25, 0.3) is 27.8 Å². The molecule has 3 heterocycles. The Labute approximate surface area is 190 Å². The van der Waals surface area contributed by atoms with E-state index in [0.29, 0.717) is 10.9 Å². The first kappa shape index (κ1) is 19.4. The lowest BCUT2D eigenvalue weighted by Crippen LogP contribution is -2.37. The molecule has 33 heavy (non-hydrogen) atoms. The van der Waals surface area contributed by atoms with Crippen molar-refractivity contribution in [3.8, 4) is 16.9 Å². The number of benzene rings is 3. The number of anilines is 1. The normalized spacial score (nSPS) is 14.5. The molecule has 1 aliphatic rings. The molecule has 162 valence electrons. The quantitative estimate of drug-likeness (QED) is 0.453. The van der Waals surface area contributed by atoms with Crippen molar-refractivity contribution < 1.29 is 0 Å². The highest BCUT2D eigenvalue weighted by Crippen LogP contribution is 2.45. The highest BCUT2D eigenvalue weighted by molar-refractivity contribution is 5.99. The van der Waals surface area contributed by atoms with Crippen LogP contribution in [0.5, 0.6) is 0 Å². The number of hydrogen-bond donors (Lipinski definition) is 1. The minimum absolute atomic E-state index is 0.237. The fourth-order valence-corrected chi connectivity index (χ4v) is 4.98. The lowest BCUT2D eigenvalue weighted by molar-refractivity contribution is 0.708. The molecule has 6 heteroatoms. The van der Waals surface area contributed by atoms with Crippen molar-refractivity contribution in [2.24, 2.45) is 14.1 Å². The van der Waals surface area contributed by atoms with Crippen LogP contribution < -0.4 is 16.6 Å². The van der Waals surface area contributed by atoms with Crippen molar-refractivity contribution in [1.29, 1.82) is 0 Å². The van der Waals surface area contributed by atoms with Gasteiger partial charge in [0.1, 0.15) is 0 Å². The van der Waals surface area contributed by atoms with E-state index in [1.165, 1.54) is 11.6 Å². The predicted molar refractivity (Wildman–Crippen MR) is 131 cm³/mol. The zero-order chi connectivity index (χ0) is 22.7. The molecule has 0 bridgehead atoms. The van der Waals surface area contributed by atoms with Gasteiger partial charge in [0.05, 0.1) is 39.7 Å². The van der Waals surface area contributed by atoms with E-state index >= 15 is 0 Å². The maximum absolute atomic E-state index is 13.6. The van der Waals surface area contributed by atoms with Gasteiger partial charge in [0.15, 0.2) is 0 Å². The average molecular weight is 434 g/mol. The molecule has 1 atom stereocenters. The Kier molecular flexibility index (Phi) is 4.17. The van der Waals surface area contributed by atoms with Crippen molar-refractivity contribution in [3.63, 3.8) is 0 Å². The van der Waals surface area contributed by atoms with E-state index in [2.05, 4.69) is 22.0 Å². The second-order valence-corrected chi connectivity index (χ2v) is 8.37. The largest absolute Gasteiger partial charge is 0.371 e. The van der Waals surface area contributed by atoms with Gasteiger partial charge >= 0.3 is 5.69 Å². The Hall–Kier alpha value is -4.32. The maximum atomic E-state index is 13.6. The van der Waals surface area contributed by atoms with Gasteiger partial charge in [-0.05, 0) is 23.3 Å². The molecular weight excluding hydrogens is 412 g/mol. The van der Waals surface area contributed by atoms with Gasteiger partial charge in [0.25, 0.3) is 5.56 Å². The van der Waals surface area contributed by atoms with Crippen molar-refractivity contribution in [2.45, 2.75) is 6.04 Å². The first-order valence-corrected chi connectivity index (χ1v) is 10.9. The van der Waals surface area contributed by atoms with Crippen LogP contribution in [0, 0.1) is 0 Å². The Morgan fingerprint density at radius 2 is 1.39 bits per heavy atom. The molecule has 5 aromatic rings. The fourth-order valence-electron chi connectivity index (χ4n) is 4.98. The molecule has 1 N–H and O–H groups in total. The summed E-state index contributed by atoms with van der Waals surface area (Å²) in [6, 6.07) is 27.9. The lowest BCUT2D eigenvalue weighted by atomic mass is 9.99. The molecule has 1 aliphatic heterocycles. The topological polar surface area (TPSA) is 61.0 Å². The van der Waals surface area contributed by atoms with Crippen LogP contribution in [0.4, 0.5) is 5.69 Å². The Balaban J connectivity index is 1.89. The van der Waals surface area contributed by atoms with Crippen LogP contribution in [0.15, 0.2) is 94.5 Å². The van der Waals surface area contributed by atoms with E-state index in [9.17, 15) is 9.59 Å². The highest BCUT2D eigenvalue weighted by atomic mass is 16.2. The standard InChI is InChI=1S/C27H22N4O2/c1-29-24-21(26(32)30(2)27(29)33)23(18-13-7-4-8-14-18)31-20-16-10-9-15-19(20)28-22(25(24)31)17-11-5-3-6-12-17/h3-16,22,28H,1-2H3/t22-/m1/s1. The SMILES string of the molecule is Cn1c(=O)c2c(-c3ccccc3)n3c(c2n(C)c1=O)[C@@H](c1ccccc1)Nc1ccccc1-3. The zero-order valence-corrected chi connectivity index (χ0v) is 18.3. The summed E-state index contributed by atoms with van der Waals surface area (Å²) < 4.78 is 4.95. The monoisotopic (exact) mass is 434 g/mol. The van der Waals surface area contributed by atoms with Crippen molar-refractivity contribution in [2.75, 3.05) is 5.32 Å². The molecule has 0 unspecified atom stereocenters. The summed E-state index contributed by atoms with van der Waals surface area (Å²) in [5, 5.41) is 4.20. The average Bonchev–Trinajstić information content (AvgIpc) is 3.23. The van der Waals surface area contributed by atoms with Crippen LogP contribution in [0.2, 0.25) is 0 Å². The Bertz CT molecular complexity index is 1640. The molecular formula is C27H22N4O2. The van der Waals surface area contributed by atoms with Gasteiger partial charge in [0, 0.05) is 14.1 Å². The third kappa shape index (κ3) is 2.67. The molecule has 0 fully saturated rings. The molecule has 6 rings (SSSR count). The molecule has 0 saturated heterocycles. The summed E-state index contributed by atoms with van der Waals surface area (Å²) in [6.45, 7) is 0. The van der Waals surface area contributed by atoms with E-state index in [1.54, 1.807) is 11.6 Å². The van der Waals surface area contributed by atoms with Gasteiger partial charge in [-0.15, -0.1) is 0 Å². The predicted octanol–water partition coefficient (Wildman–Crippen LogP) is 4.21. The van der Waals surface area contributed by atoms with Gasteiger partial charge in [0.2, 0.25) is 0 Å². The van der Waals surface area contributed by atoms with Crippen LogP contribution in [-0.2, 0) is 14.1 Å². The summed E-state index contributed by atoms with van der Waals surface area (Å²) in [4.78, 5) is 26.6. The Morgan fingerprint density at radius 3 is 2.12 bits per heavy atom. The van der Waals surface area contributed by atoms with E-state index in [1.807, 2.05) is 72.8 Å². The molecule has 6 nitrogen and oxygen atoms in total. The molecule has 0 amide bonds. The third-order valence-electron chi connectivity index (χ3n) is 6.51. The van der Waals surface area contributed by atoms with Crippen LogP contribution in [0.1, 0.15) is 17.3 Å². The summed E-state index contributed by atoms with van der Waals surface area (Å²) in [7, 11) is 3.28. The van der Waals surface area contributed by atoms with Gasteiger partial charge < -0.3 is 9.88 Å². The number of hydrogen-bond acceptors (Lipinski definition) is 3. The van der Waals surface area contributed by atoms with Gasteiger partial charge in [-0.2, -0.15) is 0 Å². The molecule has 2 aromatic heterocycles. The van der Waals surface area contributed by atoms with E-state index < -0.39 is 0 Å². The summed E-state index contributed by atoms with van der Waals surface area (Å²) in [6.07, 6.45) is 0. The van der Waals surface area contributed by atoms with Crippen molar-refractivity contribution >= 4 is 16.6 Å². The van der Waals surface area contributed by atoms with Crippen LogP contribution in [-0.4, -0.2) is 13.7 Å². The van der Waals surface area contributed by atoms with Crippen LogP contribution >= 0.6 is 0 Å². The summed E-state index contributed by atoms with van der Waals surface area (Å²) in [5.41, 5.74) is 5.59. The number of rotatable bonds is 2. The zero-order valence-electron chi connectivity index (χ0n) is 18.3. The van der Waals surface area contributed by atoms with Gasteiger partial charge in [-0.3, -0.25) is 13.9 Å². The first-order chi connectivity index (χ1) is 16.1. The second-order valence-electron chi connectivity index (χ2n) is 8.37. The molecule has 0 aliphatic carbocycles. The molecule has 0 spiro atoms. The second kappa shape index (κ2) is 7.10. The van der Waals surface area contributed by atoms with E-state index in [0.717, 1.165) is 33.9 Å². The summed E-state index contributed by atoms with van der Waals surface area (Å²) >= 11 is 0. The number of fused-ring (bicyclic) bond motifs is 5. The van der Waals surface area contributed by atoms with Gasteiger partial charge in [-0.1, -0.05) is 72.8 Å². The van der Waals surface area contributed by atoms with E-state index in [-0.39, 0.29) is 17.3 Å². The van der Waals surface area contributed by atoms with Gasteiger partial charge in [-0.25, -0.2) is 4.79 Å². The summed E-state index contributed by atoms with van der Waals surface area (Å²) in [5.74, 6) is 0. The number of nitrogens with zero attached hydrogens (tertiary/aromatic N) is 3.